The minimum absolute atomic E-state index is 0.734. The van der Waals surface area contributed by atoms with E-state index in [1.807, 2.05) is 24.1 Å². The van der Waals surface area contributed by atoms with Gasteiger partial charge in [-0.15, -0.1) is 0 Å². The van der Waals surface area contributed by atoms with Crippen LogP contribution < -0.4 is 5.73 Å². The monoisotopic (exact) mass is 362 g/mol. The first-order valence-corrected chi connectivity index (χ1v) is 11.0. The zero-order valence-corrected chi connectivity index (χ0v) is 16.2. The van der Waals surface area contributed by atoms with Gasteiger partial charge in [-0.3, -0.25) is 0 Å². The fourth-order valence-corrected chi connectivity index (χ4v) is 6.16. The molecule has 0 amide bonds. The van der Waals surface area contributed by atoms with Gasteiger partial charge in [-0.2, -0.15) is 0 Å². The largest absolute Gasteiger partial charge is 0.398 e. The van der Waals surface area contributed by atoms with Crippen molar-refractivity contribution in [1.82, 2.24) is 4.31 Å². The van der Waals surface area contributed by atoms with Crippen molar-refractivity contribution in [3.8, 4) is 0 Å². The fraction of sp³-hybridized carbons (Fsp3) is 0.600. The molecule has 0 atom stereocenters. The number of anilines is 1. The SMILES string of the molecule is C=C(Sc1ccccc1N)SN(C1CCCCC1)C1CCCCC1. The Hall–Kier alpha value is -0.580. The highest BCUT2D eigenvalue weighted by atomic mass is 32.2. The van der Waals surface area contributed by atoms with Crippen LogP contribution in [0.5, 0.6) is 0 Å². The Balaban J connectivity index is 1.65. The maximum absolute atomic E-state index is 6.10. The molecule has 0 saturated heterocycles. The number of thioether (sulfide) groups is 1. The first-order chi connectivity index (χ1) is 11.7. The van der Waals surface area contributed by atoms with Crippen molar-refractivity contribution < 1.29 is 0 Å². The van der Waals surface area contributed by atoms with E-state index < -0.39 is 0 Å². The van der Waals surface area contributed by atoms with Crippen LogP contribution in [0.4, 0.5) is 5.69 Å². The van der Waals surface area contributed by atoms with Crippen molar-refractivity contribution in [2.45, 2.75) is 81.2 Å². The summed E-state index contributed by atoms with van der Waals surface area (Å²) in [5, 5.41) is 0. The van der Waals surface area contributed by atoms with E-state index in [0.29, 0.717) is 0 Å². The van der Waals surface area contributed by atoms with Crippen molar-refractivity contribution in [3.63, 3.8) is 0 Å². The quantitative estimate of drug-likeness (QED) is 0.358. The average molecular weight is 363 g/mol. The summed E-state index contributed by atoms with van der Waals surface area (Å²) in [6, 6.07) is 9.58. The third-order valence-corrected chi connectivity index (χ3v) is 7.52. The van der Waals surface area contributed by atoms with E-state index in [0.717, 1.165) is 26.9 Å². The van der Waals surface area contributed by atoms with Crippen LogP contribution in [-0.4, -0.2) is 16.4 Å². The standard InChI is InChI=1S/C20H30N2S2/c1-16(23-20-15-9-8-14-19(20)21)24-22(17-10-4-2-5-11-17)18-12-6-3-7-13-18/h8-9,14-15,17-18H,1-7,10-13,21H2. The molecular weight excluding hydrogens is 332 g/mol. The molecule has 2 N–H and O–H groups in total. The Bertz CT molecular complexity index is 516. The van der Waals surface area contributed by atoms with Crippen molar-refractivity contribution in [1.29, 1.82) is 0 Å². The number of rotatable bonds is 6. The molecule has 0 unspecified atom stereocenters. The lowest BCUT2D eigenvalue weighted by Crippen LogP contribution is -2.40. The van der Waals surface area contributed by atoms with Gasteiger partial charge < -0.3 is 5.73 Å². The van der Waals surface area contributed by atoms with Crippen LogP contribution in [0.25, 0.3) is 0 Å². The molecule has 1 aromatic carbocycles. The van der Waals surface area contributed by atoms with Crippen LogP contribution in [0.15, 0.2) is 40.0 Å². The number of benzene rings is 1. The molecule has 2 fully saturated rings. The lowest BCUT2D eigenvalue weighted by molar-refractivity contribution is 0.185. The lowest BCUT2D eigenvalue weighted by Gasteiger charge is -2.40. The Labute approximate surface area is 155 Å². The zero-order chi connectivity index (χ0) is 16.8. The molecule has 0 heterocycles. The molecule has 2 nitrogen and oxygen atoms in total. The first-order valence-electron chi connectivity index (χ1n) is 9.41. The summed E-state index contributed by atoms with van der Waals surface area (Å²) in [4.78, 5) is 1.13. The molecular formula is C20H30N2S2. The Morgan fingerprint density at radius 1 is 0.917 bits per heavy atom. The maximum Gasteiger partial charge on any atom is 0.0535 e. The third kappa shape index (κ3) is 4.96. The molecule has 1 aromatic rings. The van der Waals surface area contributed by atoms with Crippen LogP contribution in [0.2, 0.25) is 0 Å². The highest BCUT2D eigenvalue weighted by Gasteiger charge is 2.30. The molecule has 24 heavy (non-hydrogen) atoms. The Morgan fingerprint density at radius 3 is 2.00 bits per heavy atom. The number of hydrogen-bond acceptors (Lipinski definition) is 4. The molecule has 0 bridgehead atoms. The predicted molar refractivity (Wildman–Crippen MR) is 109 cm³/mol. The smallest absolute Gasteiger partial charge is 0.0535 e. The summed E-state index contributed by atoms with van der Waals surface area (Å²) < 4.78 is 3.89. The van der Waals surface area contributed by atoms with Gasteiger partial charge in [-0.1, -0.05) is 69.0 Å². The van der Waals surface area contributed by atoms with E-state index in [-0.39, 0.29) is 0 Å². The maximum atomic E-state index is 6.10. The summed E-state index contributed by atoms with van der Waals surface area (Å²) in [6.07, 6.45) is 13.8. The van der Waals surface area contributed by atoms with E-state index in [2.05, 4.69) is 23.0 Å². The number of hydrogen-bond donors (Lipinski definition) is 1. The van der Waals surface area contributed by atoms with Crippen LogP contribution in [0, 0.1) is 0 Å². The molecule has 0 radical (unpaired) electrons. The second-order valence-corrected chi connectivity index (χ2v) is 9.54. The molecule has 0 aliphatic heterocycles. The second kappa shape index (κ2) is 9.21. The van der Waals surface area contributed by atoms with Crippen molar-refractivity contribution in [2.75, 3.05) is 5.73 Å². The molecule has 2 aliphatic carbocycles. The van der Waals surface area contributed by atoms with Gasteiger partial charge in [-0.25, -0.2) is 4.31 Å². The average Bonchev–Trinajstić information content (AvgIpc) is 2.63. The highest BCUT2D eigenvalue weighted by Crippen LogP contribution is 2.43. The summed E-state index contributed by atoms with van der Waals surface area (Å²) >= 11 is 3.64. The number of para-hydroxylation sites is 1. The van der Waals surface area contributed by atoms with Crippen LogP contribution in [-0.2, 0) is 0 Å². The van der Waals surface area contributed by atoms with Gasteiger partial charge in [0.1, 0.15) is 0 Å². The minimum Gasteiger partial charge on any atom is -0.398 e. The normalized spacial score (nSPS) is 20.4. The Kier molecular flexibility index (Phi) is 6.99. The topological polar surface area (TPSA) is 29.3 Å². The third-order valence-electron chi connectivity index (χ3n) is 5.22. The zero-order valence-electron chi connectivity index (χ0n) is 14.6. The molecule has 2 saturated carbocycles. The highest BCUT2D eigenvalue weighted by molar-refractivity contribution is 8.21. The van der Waals surface area contributed by atoms with Crippen molar-refractivity contribution in [2.24, 2.45) is 0 Å². The van der Waals surface area contributed by atoms with Gasteiger partial charge in [0, 0.05) is 22.7 Å². The first kappa shape index (κ1) is 18.2. The van der Waals surface area contributed by atoms with Gasteiger partial charge >= 0.3 is 0 Å². The van der Waals surface area contributed by atoms with Gasteiger partial charge in [0.15, 0.2) is 0 Å². The number of nitrogen functional groups attached to an aromatic ring is 1. The predicted octanol–water partition coefficient (Wildman–Crippen LogP) is 6.45. The number of nitrogens with two attached hydrogens (primary N) is 1. The number of nitrogens with zero attached hydrogens (tertiary/aromatic N) is 1. The van der Waals surface area contributed by atoms with Crippen molar-refractivity contribution in [3.05, 3.63) is 35.1 Å². The van der Waals surface area contributed by atoms with Crippen LogP contribution >= 0.6 is 23.7 Å². The van der Waals surface area contributed by atoms with Gasteiger partial charge in [0.25, 0.3) is 0 Å². The molecule has 4 heteroatoms. The van der Waals surface area contributed by atoms with Crippen molar-refractivity contribution >= 4 is 29.4 Å². The molecule has 0 aromatic heterocycles. The Morgan fingerprint density at radius 2 is 1.46 bits per heavy atom. The molecule has 2 aliphatic rings. The van der Waals surface area contributed by atoms with E-state index in [1.165, 1.54) is 64.2 Å². The van der Waals surface area contributed by atoms with Gasteiger partial charge in [0.05, 0.1) is 4.24 Å². The summed E-state index contributed by atoms with van der Waals surface area (Å²) in [7, 11) is 0. The van der Waals surface area contributed by atoms with Crippen LogP contribution in [0.3, 0.4) is 0 Å². The van der Waals surface area contributed by atoms with E-state index in [4.69, 9.17) is 5.73 Å². The van der Waals surface area contributed by atoms with Gasteiger partial charge in [0.2, 0.25) is 0 Å². The lowest BCUT2D eigenvalue weighted by atomic mass is 9.91. The fourth-order valence-electron chi connectivity index (χ4n) is 3.95. The van der Waals surface area contributed by atoms with Gasteiger partial charge in [-0.05, 0) is 49.8 Å². The minimum atomic E-state index is 0.734. The van der Waals surface area contributed by atoms with E-state index >= 15 is 0 Å². The molecule has 3 rings (SSSR count). The summed E-state index contributed by atoms with van der Waals surface area (Å²) in [6.45, 7) is 4.35. The second-order valence-electron chi connectivity index (χ2n) is 7.05. The molecule has 132 valence electrons. The van der Waals surface area contributed by atoms with Crippen LogP contribution in [0.1, 0.15) is 64.2 Å². The van der Waals surface area contributed by atoms with E-state index in [1.54, 1.807) is 11.8 Å². The van der Waals surface area contributed by atoms with E-state index in [9.17, 15) is 0 Å². The summed E-state index contributed by atoms with van der Waals surface area (Å²) in [5.41, 5.74) is 6.95. The summed E-state index contributed by atoms with van der Waals surface area (Å²) in [5.74, 6) is 0. The molecule has 0 spiro atoms.